The van der Waals surface area contributed by atoms with Crippen molar-refractivity contribution in [2.24, 2.45) is 5.92 Å². The van der Waals surface area contributed by atoms with Gasteiger partial charge in [0.25, 0.3) is 0 Å². The van der Waals surface area contributed by atoms with Crippen LogP contribution in [0.15, 0.2) is 24.5 Å². The molecule has 0 saturated carbocycles. The number of hydrogen-bond acceptors (Lipinski definition) is 5. The maximum atomic E-state index is 6.02. The van der Waals surface area contributed by atoms with Crippen molar-refractivity contribution in [3.63, 3.8) is 0 Å². The number of rotatable bonds is 2. The Bertz CT molecular complexity index is 829. The van der Waals surface area contributed by atoms with Crippen LogP contribution in [0.4, 0.5) is 0 Å². The van der Waals surface area contributed by atoms with Crippen LogP contribution in [-0.2, 0) is 12.8 Å². The molecule has 0 spiro atoms. The fourth-order valence-corrected chi connectivity index (χ4v) is 4.42. The number of nitrogens with zero attached hydrogens (tertiary/aromatic N) is 3. The third kappa shape index (κ3) is 2.35. The first-order valence-electron chi connectivity index (χ1n) is 7.57. The normalized spacial score (nSPS) is 17.5. The molecule has 112 valence electrons. The molecule has 0 bridgehead atoms. The Balaban J connectivity index is 1.86. The van der Waals surface area contributed by atoms with Crippen molar-refractivity contribution >= 4 is 21.6 Å². The standard InChI is InChI=1S/C17H17N3OS/c1-10-5-6-13-14(8-10)22-17-15(13)16(19-11(2)20-17)21-12-4-3-7-18-9-12/h3-4,7,9-10H,5-6,8H2,1-2H3/t10-/m1/s1. The average Bonchev–Trinajstić information content (AvgIpc) is 2.85. The zero-order valence-electron chi connectivity index (χ0n) is 12.7. The Morgan fingerprint density at radius 3 is 3.05 bits per heavy atom. The summed E-state index contributed by atoms with van der Waals surface area (Å²) in [7, 11) is 0. The van der Waals surface area contributed by atoms with E-state index in [1.165, 1.54) is 16.9 Å². The average molecular weight is 311 g/mol. The number of aromatic nitrogens is 3. The largest absolute Gasteiger partial charge is 0.437 e. The Kier molecular flexibility index (Phi) is 3.30. The summed E-state index contributed by atoms with van der Waals surface area (Å²) in [5.74, 6) is 2.88. The summed E-state index contributed by atoms with van der Waals surface area (Å²) in [4.78, 5) is 15.8. The van der Waals surface area contributed by atoms with Gasteiger partial charge >= 0.3 is 0 Å². The highest BCUT2D eigenvalue weighted by Gasteiger charge is 2.24. The van der Waals surface area contributed by atoms with Gasteiger partial charge in [-0.2, -0.15) is 4.98 Å². The van der Waals surface area contributed by atoms with E-state index in [0.717, 1.165) is 34.8 Å². The summed E-state index contributed by atoms with van der Waals surface area (Å²) >= 11 is 1.80. The molecule has 0 aliphatic heterocycles. The fourth-order valence-electron chi connectivity index (χ4n) is 3.00. The maximum absolute atomic E-state index is 6.02. The van der Waals surface area contributed by atoms with Crippen LogP contribution < -0.4 is 4.74 Å². The third-order valence-electron chi connectivity index (χ3n) is 4.08. The number of fused-ring (bicyclic) bond motifs is 3. The molecule has 0 N–H and O–H groups in total. The first-order valence-corrected chi connectivity index (χ1v) is 8.39. The van der Waals surface area contributed by atoms with Crippen molar-refractivity contribution in [2.45, 2.75) is 33.1 Å². The molecule has 0 unspecified atom stereocenters. The summed E-state index contributed by atoms with van der Waals surface area (Å²) in [5, 5.41) is 1.10. The van der Waals surface area contributed by atoms with Crippen molar-refractivity contribution in [3.8, 4) is 11.6 Å². The van der Waals surface area contributed by atoms with Gasteiger partial charge in [0.15, 0.2) is 0 Å². The van der Waals surface area contributed by atoms with Gasteiger partial charge < -0.3 is 4.74 Å². The zero-order valence-corrected chi connectivity index (χ0v) is 13.5. The molecule has 0 saturated heterocycles. The monoisotopic (exact) mass is 311 g/mol. The molecule has 5 heteroatoms. The molecular formula is C17H17N3OS. The number of hydrogen-bond donors (Lipinski definition) is 0. The van der Waals surface area contributed by atoms with E-state index in [2.05, 4.69) is 21.9 Å². The molecule has 4 nitrogen and oxygen atoms in total. The van der Waals surface area contributed by atoms with Crippen molar-refractivity contribution in [2.75, 3.05) is 0 Å². The lowest BCUT2D eigenvalue weighted by atomic mass is 9.89. The van der Waals surface area contributed by atoms with Crippen LogP contribution in [0.1, 0.15) is 29.6 Å². The number of aryl methyl sites for hydroxylation is 2. The molecule has 3 aromatic heterocycles. The molecule has 1 aliphatic carbocycles. The van der Waals surface area contributed by atoms with E-state index in [0.29, 0.717) is 11.6 Å². The summed E-state index contributed by atoms with van der Waals surface area (Å²) in [6, 6.07) is 3.77. The minimum absolute atomic E-state index is 0.669. The van der Waals surface area contributed by atoms with E-state index in [9.17, 15) is 0 Å². The topological polar surface area (TPSA) is 47.9 Å². The van der Waals surface area contributed by atoms with E-state index in [-0.39, 0.29) is 0 Å². The third-order valence-corrected chi connectivity index (χ3v) is 5.23. The van der Waals surface area contributed by atoms with Gasteiger partial charge in [-0.05, 0) is 49.8 Å². The van der Waals surface area contributed by atoms with Gasteiger partial charge in [0.05, 0.1) is 11.6 Å². The molecule has 1 aliphatic rings. The summed E-state index contributed by atoms with van der Waals surface area (Å²) in [6.07, 6.45) is 6.90. The predicted molar refractivity (Wildman–Crippen MR) is 87.7 cm³/mol. The van der Waals surface area contributed by atoms with Crippen molar-refractivity contribution in [1.82, 2.24) is 15.0 Å². The molecule has 3 aromatic rings. The van der Waals surface area contributed by atoms with Gasteiger partial charge in [0, 0.05) is 11.1 Å². The molecule has 4 rings (SSSR count). The summed E-state index contributed by atoms with van der Waals surface area (Å²) < 4.78 is 6.02. The Morgan fingerprint density at radius 2 is 2.23 bits per heavy atom. The van der Waals surface area contributed by atoms with Gasteiger partial charge in [-0.25, -0.2) is 4.98 Å². The van der Waals surface area contributed by atoms with Crippen LogP contribution in [0.25, 0.3) is 10.2 Å². The predicted octanol–water partition coefficient (Wildman–Crippen LogP) is 4.31. The lowest BCUT2D eigenvalue weighted by Crippen LogP contribution is -2.08. The Labute approximate surface area is 133 Å². The SMILES string of the molecule is Cc1nc(Oc2cccnc2)c2c3c(sc2n1)C[C@H](C)CC3. The van der Waals surface area contributed by atoms with Gasteiger partial charge in [-0.3, -0.25) is 4.98 Å². The Morgan fingerprint density at radius 1 is 1.32 bits per heavy atom. The molecule has 22 heavy (non-hydrogen) atoms. The molecular weight excluding hydrogens is 294 g/mol. The van der Waals surface area contributed by atoms with Crippen LogP contribution in [0.5, 0.6) is 11.6 Å². The van der Waals surface area contributed by atoms with Crippen LogP contribution >= 0.6 is 11.3 Å². The molecule has 3 heterocycles. The zero-order chi connectivity index (χ0) is 15.1. The molecule has 1 atom stereocenters. The van der Waals surface area contributed by atoms with Crippen molar-refractivity contribution < 1.29 is 4.74 Å². The minimum atomic E-state index is 0.669. The second-order valence-electron chi connectivity index (χ2n) is 5.90. The first kappa shape index (κ1) is 13.6. The smallest absolute Gasteiger partial charge is 0.231 e. The van der Waals surface area contributed by atoms with Gasteiger partial charge in [0.1, 0.15) is 16.4 Å². The highest BCUT2D eigenvalue weighted by atomic mass is 32.1. The van der Waals surface area contributed by atoms with E-state index in [4.69, 9.17) is 4.74 Å². The van der Waals surface area contributed by atoms with E-state index in [1.807, 2.05) is 19.1 Å². The second-order valence-corrected chi connectivity index (χ2v) is 6.98. The van der Waals surface area contributed by atoms with Crippen LogP contribution in [0, 0.1) is 12.8 Å². The molecule has 0 amide bonds. The van der Waals surface area contributed by atoms with Gasteiger partial charge in [0.2, 0.25) is 5.88 Å². The van der Waals surface area contributed by atoms with Crippen LogP contribution in [-0.4, -0.2) is 15.0 Å². The lowest BCUT2D eigenvalue weighted by molar-refractivity contribution is 0.462. The maximum Gasteiger partial charge on any atom is 0.231 e. The number of ether oxygens (including phenoxy) is 1. The molecule has 0 radical (unpaired) electrons. The van der Waals surface area contributed by atoms with Gasteiger partial charge in [-0.1, -0.05) is 6.92 Å². The molecule has 0 aromatic carbocycles. The highest BCUT2D eigenvalue weighted by Crippen LogP contribution is 2.41. The Hall–Kier alpha value is -2.01. The van der Waals surface area contributed by atoms with E-state index < -0.39 is 0 Å². The van der Waals surface area contributed by atoms with Crippen molar-refractivity contribution in [3.05, 3.63) is 40.8 Å². The second kappa shape index (κ2) is 5.32. The van der Waals surface area contributed by atoms with Crippen molar-refractivity contribution in [1.29, 1.82) is 0 Å². The minimum Gasteiger partial charge on any atom is -0.437 e. The molecule has 0 fully saturated rings. The first-order chi connectivity index (χ1) is 10.7. The quantitative estimate of drug-likeness (QED) is 0.707. The summed E-state index contributed by atoms with van der Waals surface area (Å²) in [6.45, 7) is 4.23. The number of pyridine rings is 1. The van der Waals surface area contributed by atoms with Gasteiger partial charge in [-0.15, -0.1) is 11.3 Å². The highest BCUT2D eigenvalue weighted by molar-refractivity contribution is 7.18. The van der Waals surface area contributed by atoms with Crippen LogP contribution in [0.3, 0.4) is 0 Å². The van der Waals surface area contributed by atoms with Crippen LogP contribution in [0.2, 0.25) is 0 Å². The lowest BCUT2D eigenvalue weighted by Gasteiger charge is -2.18. The number of thiophene rings is 1. The summed E-state index contributed by atoms with van der Waals surface area (Å²) in [5.41, 5.74) is 1.39. The van der Waals surface area contributed by atoms with E-state index >= 15 is 0 Å². The fraction of sp³-hybridized carbons (Fsp3) is 0.353. The van der Waals surface area contributed by atoms with E-state index in [1.54, 1.807) is 23.7 Å².